The van der Waals surface area contributed by atoms with Gasteiger partial charge in [-0.25, -0.2) is 9.18 Å². The number of Topliss-reactive ketones (excluding diaryl/α,β-unsaturated/α-hetero) is 1. The van der Waals surface area contributed by atoms with Crippen LogP contribution in [0.3, 0.4) is 0 Å². The van der Waals surface area contributed by atoms with Gasteiger partial charge in [-0.05, 0) is 34.1 Å². The number of rotatable bonds is 2. The van der Waals surface area contributed by atoms with E-state index in [1.54, 1.807) is 0 Å². The van der Waals surface area contributed by atoms with Gasteiger partial charge in [-0.2, -0.15) is 0 Å². The summed E-state index contributed by atoms with van der Waals surface area (Å²) in [6.45, 7) is 0. The van der Waals surface area contributed by atoms with Crippen molar-refractivity contribution < 1.29 is 19.1 Å². The first-order valence-electron chi connectivity index (χ1n) is 3.25. The quantitative estimate of drug-likeness (QED) is 0.640. The molecule has 1 N–H and O–H groups in total. The summed E-state index contributed by atoms with van der Waals surface area (Å²) < 4.78 is 13.0. The first kappa shape index (κ1) is 9.85. The van der Waals surface area contributed by atoms with Gasteiger partial charge in [0.05, 0.1) is 4.47 Å². The minimum Gasteiger partial charge on any atom is -0.475 e. The molecule has 0 bridgehead atoms. The van der Waals surface area contributed by atoms with Crippen molar-refractivity contribution in [3.05, 3.63) is 34.1 Å². The van der Waals surface area contributed by atoms with E-state index < -0.39 is 17.6 Å². The number of carbonyl (C=O) groups is 2. The molecule has 0 saturated heterocycles. The highest BCUT2D eigenvalue weighted by Crippen LogP contribution is 2.16. The topological polar surface area (TPSA) is 54.4 Å². The Hall–Kier alpha value is -1.23. The lowest BCUT2D eigenvalue weighted by Gasteiger charge is -1.97. The number of aliphatic carboxylic acids is 1. The van der Waals surface area contributed by atoms with Gasteiger partial charge in [0.2, 0.25) is 0 Å². The van der Waals surface area contributed by atoms with Crippen LogP contribution < -0.4 is 0 Å². The third-order valence-electron chi connectivity index (χ3n) is 1.38. The predicted octanol–water partition coefficient (Wildman–Crippen LogP) is 1.86. The van der Waals surface area contributed by atoms with Crippen molar-refractivity contribution in [1.82, 2.24) is 0 Å². The third kappa shape index (κ3) is 2.12. The van der Waals surface area contributed by atoms with Gasteiger partial charge in [0.25, 0.3) is 5.78 Å². The Balaban J connectivity index is 3.11. The second-order valence-corrected chi connectivity index (χ2v) is 3.12. The Morgan fingerprint density at radius 3 is 2.46 bits per heavy atom. The molecule has 68 valence electrons. The van der Waals surface area contributed by atoms with Crippen LogP contribution in [0.1, 0.15) is 10.4 Å². The molecule has 3 nitrogen and oxygen atoms in total. The van der Waals surface area contributed by atoms with Crippen molar-refractivity contribution >= 4 is 27.7 Å². The Labute approximate surface area is 81.3 Å². The molecule has 0 radical (unpaired) electrons. The van der Waals surface area contributed by atoms with E-state index in [2.05, 4.69) is 15.9 Å². The first-order chi connectivity index (χ1) is 6.02. The summed E-state index contributed by atoms with van der Waals surface area (Å²) in [5.74, 6) is -3.37. The normalized spacial score (nSPS) is 9.69. The van der Waals surface area contributed by atoms with E-state index in [0.717, 1.165) is 6.07 Å². The number of halogens is 2. The van der Waals surface area contributed by atoms with E-state index in [4.69, 9.17) is 5.11 Å². The molecule has 5 heteroatoms. The molecule has 0 aliphatic carbocycles. The van der Waals surface area contributed by atoms with Crippen LogP contribution in [0.15, 0.2) is 22.7 Å². The second kappa shape index (κ2) is 3.66. The molecular weight excluding hydrogens is 243 g/mol. The second-order valence-electron chi connectivity index (χ2n) is 2.26. The summed E-state index contributed by atoms with van der Waals surface area (Å²) in [4.78, 5) is 21.0. The SMILES string of the molecule is O=C(O)C(=O)c1ccc(Br)c(F)c1. The number of carboxylic acid groups (broad SMARTS) is 1. The van der Waals surface area contributed by atoms with Crippen LogP contribution >= 0.6 is 15.9 Å². The van der Waals surface area contributed by atoms with Gasteiger partial charge >= 0.3 is 5.97 Å². The number of ketones is 1. The van der Waals surface area contributed by atoms with E-state index in [1.807, 2.05) is 0 Å². The van der Waals surface area contributed by atoms with Crippen LogP contribution in [0.25, 0.3) is 0 Å². The molecule has 0 amide bonds. The highest BCUT2D eigenvalue weighted by Gasteiger charge is 2.15. The van der Waals surface area contributed by atoms with Crippen LogP contribution in [0.4, 0.5) is 4.39 Å². The van der Waals surface area contributed by atoms with Crippen LogP contribution in [-0.4, -0.2) is 16.9 Å². The van der Waals surface area contributed by atoms with E-state index in [1.165, 1.54) is 12.1 Å². The van der Waals surface area contributed by atoms with Gasteiger partial charge in [-0.3, -0.25) is 4.79 Å². The number of hydrogen-bond donors (Lipinski definition) is 1. The summed E-state index contributed by atoms with van der Waals surface area (Å²) >= 11 is 2.88. The van der Waals surface area contributed by atoms with Crippen LogP contribution in [0.2, 0.25) is 0 Å². The largest absolute Gasteiger partial charge is 0.475 e. The molecule has 0 fully saturated rings. The van der Waals surface area contributed by atoms with Crippen molar-refractivity contribution in [3.8, 4) is 0 Å². The highest BCUT2D eigenvalue weighted by molar-refractivity contribution is 9.10. The van der Waals surface area contributed by atoms with Crippen molar-refractivity contribution in [1.29, 1.82) is 0 Å². The monoisotopic (exact) mass is 246 g/mol. The lowest BCUT2D eigenvalue weighted by molar-refractivity contribution is -0.131. The minimum atomic E-state index is -1.60. The Bertz CT molecular complexity index is 376. The molecule has 0 spiro atoms. The molecule has 0 atom stereocenters. The molecule has 0 aliphatic rings. The van der Waals surface area contributed by atoms with Crippen molar-refractivity contribution in [2.45, 2.75) is 0 Å². The lowest BCUT2D eigenvalue weighted by Crippen LogP contribution is -2.12. The average Bonchev–Trinajstić information content (AvgIpc) is 2.08. The summed E-state index contributed by atoms with van der Waals surface area (Å²) in [5.41, 5.74) is -0.173. The smallest absolute Gasteiger partial charge is 0.377 e. The molecule has 1 rings (SSSR count). The third-order valence-corrected chi connectivity index (χ3v) is 2.02. The van der Waals surface area contributed by atoms with E-state index in [-0.39, 0.29) is 10.0 Å². The fourth-order valence-electron chi connectivity index (χ4n) is 0.761. The molecule has 0 aliphatic heterocycles. The number of carboxylic acids is 1. The molecule has 1 aromatic rings. The molecule has 0 heterocycles. The molecule has 0 saturated carbocycles. The lowest BCUT2D eigenvalue weighted by atomic mass is 10.1. The van der Waals surface area contributed by atoms with Gasteiger partial charge in [0.1, 0.15) is 5.82 Å². The minimum absolute atomic E-state index is 0.173. The molecule has 13 heavy (non-hydrogen) atoms. The maximum atomic E-state index is 12.8. The van der Waals surface area contributed by atoms with Crippen molar-refractivity contribution in [3.63, 3.8) is 0 Å². The zero-order chi connectivity index (χ0) is 10.0. The average molecular weight is 247 g/mol. The maximum absolute atomic E-state index is 12.8. The first-order valence-corrected chi connectivity index (χ1v) is 4.04. The Morgan fingerprint density at radius 1 is 1.38 bits per heavy atom. The van der Waals surface area contributed by atoms with Crippen LogP contribution in [-0.2, 0) is 4.79 Å². The van der Waals surface area contributed by atoms with Gasteiger partial charge in [-0.15, -0.1) is 0 Å². The zero-order valence-electron chi connectivity index (χ0n) is 6.25. The summed E-state index contributed by atoms with van der Waals surface area (Å²) in [7, 11) is 0. The molecule has 1 aromatic carbocycles. The van der Waals surface area contributed by atoms with Gasteiger partial charge in [-0.1, -0.05) is 0 Å². The van der Waals surface area contributed by atoms with Gasteiger partial charge in [0.15, 0.2) is 0 Å². The molecule has 0 aromatic heterocycles. The standard InChI is InChI=1S/C8H4BrFO3/c9-5-2-1-4(3-6(5)10)7(11)8(12)13/h1-3H,(H,12,13). The Morgan fingerprint density at radius 2 is 2.00 bits per heavy atom. The van der Waals surface area contributed by atoms with Crippen molar-refractivity contribution in [2.24, 2.45) is 0 Å². The highest BCUT2D eigenvalue weighted by atomic mass is 79.9. The fourth-order valence-corrected chi connectivity index (χ4v) is 1.01. The zero-order valence-corrected chi connectivity index (χ0v) is 7.84. The van der Waals surface area contributed by atoms with E-state index in [9.17, 15) is 14.0 Å². The fraction of sp³-hybridized carbons (Fsp3) is 0. The number of carbonyl (C=O) groups excluding carboxylic acids is 1. The summed E-state index contributed by atoms with van der Waals surface area (Å²) in [6, 6.07) is 3.40. The van der Waals surface area contributed by atoms with E-state index >= 15 is 0 Å². The van der Waals surface area contributed by atoms with Crippen molar-refractivity contribution in [2.75, 3.05) is 0 Å². The number of benzene rings is 1. The summed E-state index contributed by atoms with van der Waals surface area (Å²) in [5, 5.41) is 8.31. The number of hydrogen-bond acceptors (Lipinski definition) is 2. The molecular formula is C8H4BrFO3. The van der Waals surface area contributed by atoms with Gasteiger partial charge in [0, 0.05) is 5.56 Å². The Kier molecular flexibility index (Phi) is 2.77. The van der Waals surface area contributed by atoms with Crippen LogP contribution in [0.5, 0.6) is 0 Å². The van der Waals surface area contributed by atoms with E-state index in [0.29, 0.717) is 0 Å². The van der Waals surface area contributed by atoms with Gasteiger partial charge < -0.3 is 5.11 Å². The van der Waals surface area contributed by atoms with Crippen LogP contribution in [0, 0.1) is 5.82 Å². The summed E-state index contributed by atoms with van der Waals surface area (Å²) in [6.07, 6.45) is 0. The maximum Gasteiger partial charge on any atom is 0.377 e. The predicted molar refractivity (Wildman–Crippen MR) is 46.1 cm³/mol. The molecule has 0 unspecified atom stereocenters.